The van der Waals surface area contributed by atoms with Crippen molar-refractivity contribution in [3.8, 4) is 0 Å². The smallest absolute Gasteiger partial charge is 0.407 e. The van der Waals surface area contributed by atoms with Crippen molar-refractivity contribution in [3.05, 3.63) is 46.3 Å². The highest BCUT2D eigenvalue weighted by atomic mass is 16.5. The molecule has 0 saturated carbocycles. The Kier molecular flexibility index (Phi) is 6.90. The average molecular weight is 262 g/mol. The topological polar surface area (TPSA) is 87.1 Å². The van der Waals surface area contributed by atoms with E-state index in [0.717, 1.165) is 18.4 Å². The molecular weight excluding hydrogens is 244 g/mol. The lowest BCUT2D eigenvalue weighted by Crippen LogP contribution is -2.37. The van der Waals surface area contributed by atoms with Crippen molar-refractivity contribution >= 4 is 6.09 Å². The summed E-state index contributed by atoms with van der Waals surface area (Å²) >= 11 is 0. The van der Waals surface area contributed by atoms with Crippen molar-refractivity contribution in [2.24, 2.45) is 5.11 Å². The summed E-state index contributed by atoms with van der Waals surface area (Å²) in [5.74, 6) is 0. The van der Waals surface area contributed by atoms with Crippen LogP contribution >= 0.6 is 0 Å². The zero-order valence-electron chi connectivity index (χ0n) is 11.0. The van der Waals surface area contributed by atoms with E-state index in [-0.39, 0.29) is 19.2 Å². The Bertz CT molecular complexity index is 430. The normalized spacial score (nSPS) is 11.2. The fourth-order valence-corrected chi connectivity index (χ4v) is 1.62. The minimum absolute atomic E-state index is 0.177. The number of amides is 1. The van der Waals surface area contributed by atoms with Crippen molar-refractivity contribution < 1.29 is 9.53 Å². The molecule has 0 fully saturated rings. The second-order valence-corrected chi connectivity index (χ2v) is 4.11. The third-order valence-corrected chi connectivity index (χ3v) is 2.54. The molecule has 1 atom stereocenters. The number of carbonyl (C=O) groups excluding carboxylic acids is 1. The highest BCUT2D eigenvalue weighted by Gasteiger charge is 2.11. The summed E-state index contributed by atoms with van der Waals surface area (Å²) in [4.78, 5) is 14.3. The van der Waals surface area contributed by atoms with Gasteiger partial charge in [0.05, 0.1) is 0 Å². The highest BCUT2D eigenvalue weighted by molar-refractivity contribution is 5.67. The van der Waals surface area contributed by atoms with Crippen LogP contribution in [0.25, 0.3) is 10.4 Å². The van der Waals surface area contributed by atoms with Crippen molar-refractivity contribution in [1.82, 2.24) is 5.32 Å². The van der Waals surface area contributed by atoms with E-state index in [1.807, 2.05) is 37.3 Å². The summed E-state index contributed by atoms with van der Waals surface area (Å²) in [6, 6.07) is 9.27. The molecule has 0 unspecified atom stereocenters. The van der Waals surface area contributed by atoms with Crippen molar-refractivity contribution in [3.63, 3.8) is 0 Å². The molecule has 0 radical (unpaired) electrons. The molecule has 1 aromatic carbocycles. The van der Waals surface area contributed by atoms with Gasteiger partial charge < -0.3 is 10.1 Å². The van der Waals surface area contributed by atoms with Gasteiger partial charge in [0.15, 0.2) is 0 Å². The Morgan fingerprint density at radius 1 is 1.47 bits per heavy atom. The number of nitrogens with zero attached hydrogens (tertiary/aromatic N) is 3. The van der Waals surface area contributed by atoms with E-state index in [1.165, 1.54) is 0 Å². The van der Waals surface area contributed by atoms with E-state index in [9.17, 15) is 4.79 Å². The molecule has 0 aliphatic carbocycles. The number of nitrogens with one attached hydrogen (secondary N) is 1. The van der Waals surface area contributed by atoms with Gasteiger partial charge in [0.25, 0.3) is 0 Å². The SMILES string of the molecule is CCC[C@H](CN=[N+]=[N-])NC(=O)OCc1ccccc1. The van der Waals surface area contributed by atoms with Gasteiger partial charge in [-0.05, 0) is 17.5 Å². The first kappa shape index (κ1) is 14.9. The molecule has 6 heteroatoms. The van der Waals surface area contributed by atoms with Gasteiger partial charge in [-0.1, -0.05) is 48.8 Å². The van der Waals surface area contributed by atoms with Gasteiger partial charge in [-0.25, -0.2) is 4.79 Å². The minimum Gasteiger partial charge on any atom is -0.445 e. The lowest BCUT2D eigenvalue weighted by atomic mass is 10.2. The molecular formula is C13H18N4O2. The van der Waals surface area contributed by atoms with E-state index in [1.54, 1.807) is 0 Å². The third kappa shape index (κ3) is 6.33. The van der Waals surface area contributed by atoms with Gasteiger partial charge in [0.2, 0.25) is 0 Å². The number of benzene rings is 1. The van der Waals surface area contributed by atoms with Gasteiger partial charge in [0.1, 0.15) is 6.61 Å². The second kappa shape index (κ2) is 8.83. The molecule has 0 heterocycles. The summed E-state index contributed by atoms with van der Waals surface area (Å²) in [7, 11) is 0. The van der Waals surface area contributed by atoms with Crippen LogP contribution in [0.5, 0.6) is 0 Å². The summed E-state index contributed by atoms with van der Waals surface area (Å²) in [6.45, 7) is 2.47. The molecule has 1 N–H and O–H groups in total. The van der Waals surface area contributed by atoms with Crippen LogP contribution < -0.4 is 5.32 Å². The standard InChI is InChI=1S/C13H18N4O2/c1-2-6-12(9-15-17-14)16-13(18)19-10-11-7-4-3-5-8-11/h3-5,7-8,12H,2,6,9-10H2,1H3,(H,16,18)/t12-/m1/s1. The number of hydrogen-bond acceptors (Lipinski definition) is 3. The third-order valence-electron chi connectivity index (χ3n) is 2.54. The lowest BCUT2D eigenvalue weighted by molar-refractivity contribution is 0.135. The molecule has 6 nitrogen and oxygen atoms in total. The van der Waals surface area contributed by atoms with Crippen LogP contribution in [-0.4, -0.2) is 18.7 Å². The van der Waals surface area contributed by atoms with Gasteiger partial charge >= 0.3 is 6.09 Å². The Morgan fingerprint density at radius 3 is 2.84 bits per heavy atom. The first-order valence-electron chi connectivity index (χ1n) is 6.24. The number of carbonyl (C=O) groups is 1. The maximum Gasteiger partial charge on any atom is 0.407 e. The van der Waals surface area contributed by atoms with Gasteiger partial charge in [0, 0.05) is 17.5 Å². The second-order valence-electron chi connectivity index (χ2n) is 4.11. The summed E-state index contributed by atoms with van der Waals surface area (Å²) < 4.78 is 5.10. The maximum absolute atomic E-state index is 11.6. The molecule has 102 valence electrons. The predicted octanol–water partition coefficient (Wildman–Crippen LogP) is 3.39. The zero-order valence-corrected chi connectivity index (χ0v) is 11.0. The van der Waals surface area contributed by atoms with Gasteiger partial charge in [-0.15, -0.1) is 0 Å². The minimum atomic E-state index is -0.490. The summed E-state index contributed by atoms with van der Waals surface area (Å²) in [5.41, 5.74) is 9.21. The molecule has 0 aliphatic heterocycles. The number of rotatable bonds is 7. The monoisotopic (exact) mass is 262 g/mol. The van der Waals surface area contributed by atoms with Crippen LogP contribution in [0.2, 0.25) is 0 Å². The highest BCUT2D eigenvalue weighted by Crippen LogP contribution is 2.02. The fourth-order valence-electron chi connectivity index (χ4n) is 1.62. The zero-order chi connectivity index (χ0) is 13.9. The molecule has 0 saturated heterocycles. The fraction of sp³-hybridized carbons (Fsp3) is 0.462. The summed E-state index contributed by atoms with van der Waals surface area (Å²) in [6.07, 6.45) is 1.15. The number of azide groups is 1. The van der Waals surface area contributed by atoms with Crippen LogP contribution in [-0.2, 0) is 11.3 Å². The lowest BCUT2D eigenvalue weighted by Gasteiger charge is -2.15. The number of hydrogen-bond donors (Lipinski definition) is 1. The van der Waals surface area contributed by atoms with Gasteiger partial charge in [-0.3, -0.25) is 0 Å². The molecule has 19 heavy (non-hydrogen) atoms. The summed E-state index contributed by atoms with van der Waals surface area (Å²) in [5, 5.41) is 6.17. The Hall–Kier alpha value is -2.20. The Morgan fingerprint density at radius 2 is 2.21 bits per heavy atom. The molecule has 1 amide bonds. The van der Waals surface area contributed by atoms with Crippen LogP contribution in [0.4, 0.5) is 4.79 Å². The van der Waals surface area contributed by atoms with E-state index in [0.29, 0.717) is 0 Å². The first-order chi connectivity index (χ1) is 9.26. The van der Waals surface area contributed by atoms with E-state index in [4.69, 9.17) is 10.3 Å². The van der Waals surface area contributed by atoms with Crippen LogP contribution in [0.15, 0.2) is 35.4 Å². The van der Waals surface area contributed by atoms with E-state index in [2.05, 4.69) is 15.3 Å². The number of alkyl carbamates (subject to hydrolysis) is 1. The molecule has 1 aromatic rings. The number of ether oxygens (including phenoxy) is 1. The van der Waals surface area contributed by atoms with Crippen LogP contribution in [0.1, 0.15) is 25.3 Å². The molecule has 0 aromatic heterocycles. The molecule has 1 rings (SSSR count). The van der Waals surface area contributed by atoms with E-state index < -0.39 is 6.09 Å². The van der Waals surface area contributed by atoms with E-state index >= 15 is 0 Å². The quantitative estimate of drug-likeness (QED) is 0.463. The predicted molar refractivity (Wildman–Crippen MR) is 72.5 cm³/mol. The van der Waals surface area contributed by atoms with Gasteiger partial charge in [-0.2, -0.15) is 0 Å². The maximum atomic E-state index is 11.6. The Labute approximate surface area is 112 Å². The first-order valence-corrected chi connectivity index (χ1v) is 6.24. The van der Waals surface area contributed by atoms with Crippen molar-refractivity contribution in [2.45, 2.75) is 32.4 Å². The molecule has 0 spiro atoms. The van der Waals surface area contributed by atoms with Crippen molar-refractivity contribution in [2.75, 3.05) is 6.54 Å². The average Bonchev–Trinajstić information content (AvgIpc) is 2.44. The largest absolute Gasteiger partial charge is 0.445 e. The van der Waals surface area contributed by atoms with Crippen molar-refractivity contribution in [1.29, 1.82) is 0 Å². The molecule has 0 aliphatic rings. The van der Waals surface area contributed by atoms with Crippen LogP contribution in [0.3, 0.4) is 0 Å². The molecule has 0 bridgehead atoms. The van der Waals surface area contributed by atoms with Crippen LogP contribution in [0, 0.1) is 0 Å². The Balaban J connectivity index is 2.37.